The lowest BCUT2D eigenvalue weighted by Crippen LogP contribution is -2.08. The van der Waals surface area contributed by atoms with Gasteiger partial charge in [0.25, 0.3) is 0 Å². The molecular weight excluding hydrogens is 370 g/mol. The number of carbonyl (C=O) groups is 2. The highest BCUT2D eigenvalue weighted by atomic mass is 32.1. The highest BCUT2D eigenvalue weighted by molar-refractivity contribution is 7.11. The molecule has 0 bridgehead atoms. The van der Waals surface area contributed by atoms with E-state index >= 15 is 0 Å². The lowest BCUT2D eigenvalue weighted by atomic mass is 10.2. The Morgan fingerprint density at radius 3 is 2.52 bits per heavy atom. The van der Waals surface area contributed by atoms with Crippen LogP contribution in [0.15, 0.2) is 23.6 Å². The molecule has 2 aromatic rings. The first-order valence-electron chi connectivity index (χ1n) is 8.77. The molecule has 0 radical (unpaired) electrons. The summed E-state index contributed by atoms with van der Waals surface area (Å²) in [6.45, 7) is 6.86. The summed E-state index contributed by atoms with van der Waals surface area (Å²) in [5, 5.41) is 1.89. The van der Waals surface area contributed by atoms with E-state index in [2.05, 4.69) is 4.98 Å². The van der Waals surface area contributed by atoms with Crippen LogP contribution in [0, 0.1) is 0 Å². The Labute approximate surface area is 162 Å². The molecule has 1 aromatic heterocycles. The molecule has 8 heteroatoms. The van der Waals surface area contributed by atoms with Crippen LogP contribution in [-0.2, 0) is 16.1 Å². The summed E-state index contributed by atoms with van der Waals surface area (Å²) in [5.74, 6) is 0.0975. The predicted octanol–water partition coefficient (Wildman–Crippen LogP) is 3.86. The Bertz CT molecular complexity index is 773. The maximum Gasteiger partial charge on any atom is 0.367 e. The second-order valence-corrected chi connectivity index (χ2v) is 6.24. The molecule has 2 rings (SSSR count). The Balaban J connectivity index is 2.01. The van der Waals surface area contributed by atoms with Crippen molar-refractivity contribution in [1.82, 2.24) is 4.98 Å². The quantitative estimate of drug-likeness (QED) is 0.567. The van der Waals surface area contributed by atoms with Crippen molar-refractivity contribution >= 4 is 23.3 Å². The van der Waals surface area contributed by atoms with Gasteiger partial charge >= 0.3 is 11.9 Å². The average Bonchev–Trinajstić information content (AvgIpc) is 3.14. The van der Waals surface area contributed by atoms with E-state index in [1.54, 1.807) is 30.5 Å². The summed E-state index contributed by atoms with van der Waals surface area (Å²) in [7, 11) is 0. The number of thiazole rings is 1. The van der Waals surface area contributed by atoms with Crippen molar-refractivity contribution in [1.29, 1.82) is 0 Å². The number of hydrogen-bond acceptors (Lipinski definition) is 8. The number of nitrogens with zero attached hydrogens (tertiary/aromatic N) is 1. The molecular formula is C19H23NO6S. The van der Waals surface area contributed by atoms with Gasteiger partial charge in [-0.2, -0.15) is 0 Å². The van der Waals surface area contributed by atoms with Gasteiger partial charge in [0.2, 0.25) is 5.01 Å². The van der Waals surface area contributed by atoms with Crippen LogP contribution in [0.5, 0.6) is 11.5 Å². The summed E-state index contributed by atoms with van der Waals surface area (Å²) in [4.78, 5) is 28.0. The van der Waals surface area contributed by atoms with Crippen LogP contribution >= 0.6 is 11.3 Å². The van der Waals surface area contributed by atoms with Gasteiger partial charge in [-0.05, 0) is 38.5 Å². The maximum absolute atomic E-state index is 12.3. The van der Waals surface area contributed by atoms with Crippen LogP contribution in [-0.4, -0.2) is 36.7 Å². The van der Waals surface area contributed by atoms with Crippen molar-refractivity contribution in [3.8, 4) is 11.5 Å². The number of carbonyl (C=O) groups excluding carboxylic acids is 2. The van der Waals surface area contributed by atoms with Gasteiger partial charge in [0, 0.05) is 5.38 Å². The van der Waals surface area contributed by atoms with Crippen molar-refractivity contribution in [3.63, 3.8) is 0 Å². The van der Waals surface area contributed by atoms with E-state index in [0.717, 1.165) is 17.8 Å². The third-order valence-corrected chi connectivity index (χ3v) is 4.17. The predicted molar refractivity (Wildman–Crippen MR) is 101 cm³/mol. The van der Waals surface area contributed by atoms with E-state index in [1.165, 1.54) is 0 Å². The van der Waals surface area contributed by atoms with Gasteiger partial charge in [-0.25, -0.2) is 14.6 Å². The molecule has 0 N–H and O–H groups in total. The van der Waals surface area contributed by atoms with Crippen LogP contribution in [0.1, 0.15) is 53.0 Å². The molecule has 0 spiro atoms. The highest BCUT2D eigenvalue weighted by Crippen LogP contribution is 2.29. The summed E-state index contributed by atoms with van der Waals surface area (Å²) < 4.78 is 21.3. The van der Waals surface area contributed by atoms with Crippen molar-refractivity contribution in [2.45, 2.75) is 33.8 Å². The fourth-order valence-corrected chi connectivity index (χ4v) is 2.81. The third-order valence-electron chi connectivity index (χ3n) is 3.29. The van der Waals surface area contributed by atoms with Crippen LogP contribution in [0.2, 0.25) is 0 Å². The molecule has 0 saturated heterocycles. The normalized spacial score (nSPS) is 10.3. The third kappa shape index (κ3) is 5.96. The van der Waals surface area contributed by atoms with Crippen molar-refractivity contribution in [3.05, 3.63) is 39.8 Å². The first kappa shape index (κ1) is 20.7. The van der Waals surface area contributed by atoms with Crippen molar-refractivity contribution < 1.29 is 28.5 Å². The van der Waals surface area contributed by atoms with Crippen LogP contribution in [0.25, 0.3) is 0 Å². The molecule has 0 saturated carbocycles. The molecule has 0 amide bonds. The first-order valence-corrected chi connectivity index (χ1v) is 9.65. The Morgan fingerprint density at radius 1 is 1.00 bits per heavy atom. The lowest BCUT2D eigenvalue weighted by molar-refractivity contribution is 0.0467. The number of rotatable bonds is 10. The van der Waals surface area contributed by atoms with Crippen molar-refractivity contribution in [2.75, 3.05) is 19.8 Å². The number of ether oxygens (including phenoxy) is 4. The van der Waals surface area contributed by atoms with E-state index < -0.39 is 11.9 Å². The summed E-state index contributed by atoms with van der Waals surface area (Å²) >= 11 is 1.15. The van der Waals surface area contributed by atoms with E-state index in [1.807, 2.05) is 13.8 Å². The van der Waals surface area contributed by atoms with Gasteiger partial charge in [-0.3, -0.25) is 0 Å². The lowest BCUT2D eigenvalue weighted by Gasteiger charge is -2.12. The van der Waals surface area contributed by atoms with Gasteiger partial charge in [0.15, 0.2) is 11.5 Å². The highest BCUT2D eigenvalue weighted by Gasteiger charge is 2.15. The Kier molecular flexibility index (Phi) is 8.06. The molecule has 1 heterocycles. The second-order valence-electron chi connectivity index (χ2n) is 5.38. The molecule has 0 aliphatic heterocycles. The molecule has 7 nitrogen and oxygen atoms in total. The Morgan fingerprint density at radius 2 is 1.81 bits per heavy atom. The fraction of sp³-hybridized carbons (Fsp3) is 0.421. The topological polar surface area (TPSA) is 84.0 Å². The summed E-state index contributed by atoms with van der Waals surface area (Å²) in [5.41, 5.74) is 0.840. The first-order chi connectivity index (χ1) is 13.1. The molecule has 0 aliphatic rings. The smallest absolute Gasteiger partial charge is 0.367 e. The zero-order valence-corrected chi connectivity index (χ0v) is 16.5. The largest absolute Gasteiger partial charge is 0.490 e. The molecule has 1 aromatic carbocycles. The number of esters is 2. The summed E-state index contributed by atoms with van der Waals surface area (Å²) in [6.07, 6.45) is 0.872. The van der Waals surface area contributed by atoms with E-state index in [0.29, 0.717) is 36.0 Å². The number of hydrogen-bond donors (Lipinski definition) is 0. The van der Waals surface area contributed by atoms with E-state index in [4.69, 9.17) is 18.9 Å². The minimum atomic E-state index is -0.510. The number of aromatic nitrogens is 1. The average molecular weight is 393 g/mol. The summed E-state index contributed by atoms with van der Waals surface area (Å²) in [6, 6.07) is 4.92. The van der Waals surface area contributed by atoms with Gasteiger partial charge in [0.1, 0.15) is 6.61 Å². The molecule has 0 fully saturated rings. The monoisotopic (exact) mass is 393 g/mol. The van der Waals surface area contributed by atoms with Gasteiger partial charge in [0.05, 0.1) is 31.1 Å². The second kappa shape index (κ2) is 10.5. The fourth-order valence-electron chi connectivity index (χ4n) is 2.12. The molecule has 27 heavy (non-hydrogen) atoms. The van der Waals surface area contributed by atoms with Crippen LogP contribution in [0.3, 0.4) is 0 Å². The molecule has 0 unspecified atom stereocenters. The van der Waals surface area contributed by atoms with Gasteiger partial charge in [-0.15, -0.1) is 11.3 Å². The van der Waals surface area contributed by atoms with Crippen LogP contribution in [0.4, 0.5) is 0 Å². The molecule has 0 aliphatic carbocycles. The minimum Gasteiger partial charge on any atom is -0.490 e. The number of benzene rings is 1. The molecule has 146 valence electrons. The molecule has 0 atom stereocenters. The standard InChI is InChI=1S/C19H23NO6S/c1-4-9-25-15-8-7-13(10-16(15)23-5-2)18(21)26-11-14-12-27-17(20-14)19(22)24-6-3/h7-8,10,12H,4-6,9,11H2,1-3H3. The zero-order valence-electron chi connectivity index (χ0n) is 15.6. The van der Waals surface area contributed by atoms with Crippen LogP contribution < -0.4 is 9.47 Å². The van der Waals surface area contributed by atoms with Gasteiger partial charge in [-0.1, -0.05) is 6.92 Å². The minimum absolute atomic E-state index is 0.0349. The van der Waals surface area contributed by atoms with Crippen molar-refractivity contribution in [2.24, 2.45) is 0 Å². The Hall–Kier alpha value is -2.61. The SMILES string of the molecule is CCCOc1ccc(C(=O)OCc2csc(C(=O)OCC)n2)cc1OCC. The van der Waals surface area contributed by atoms with E-state index in [-0.39, 0.29) is 18.2 Å². The zero-order chi connectivity index (χ0) is 19.6. The van der Waals surface area contributed by atoms with Gasteiger partial charge < -0.3 is 18.9 Å². The maximum atomic E-state index is 12.3. The van der Waals surface area contributed by atoms with E-state index in [9.17, 15) is 9.59 Å².